The van der Waals surface area contributed by atoms with Gasteiger partial charge < -0.3 is 26.3 Å². The second kappa shape index (κ2) is 8.47. The molecule has 25 heavy (non-hydrogen) atoms. The Bertz CT molecular complexity index is 705. The summed E-state index contributed by atoms with van der Waals surface area (Å²) in [5.74, 6) is 0.856. The molecule has 134 valence electrons. The molecule has 5 N–H and O–H groups in total. The van der Waals surface area contributed by atoms with Crippen LogP contribution in [0.1, 0.15) is 13.3 Å². The first-order valence-corrected chi connectivity index (χ1v) is 9.39. The number of hydrogen-bond donors (Lipinski definition) is 3. The molecular formula is C19H25N3O2S. The lowest BCUT2D eigenvalue weighted by Gasteiger charge is -2.30. The van der Waals surface area contributed by atoms with Crippen LogP contribution in [0.3, 0.4) is 0 Å². The Kier molecular flexibility index (Phi) is 6.07. The third-order valence-electron chi connectivity index (χ3n) is 4.16. The predicted molar refractivity (Wildman–Crippen MR) is 103 cm³/mol. The number of benzene rings is 2. The van der Waals surface area contributed by atoms with Crippen molar-refractivity contribution in [3.05, 3.63) is 42.5 Å². The number of hydrogen-bond acceptors (Lipinski definition) is 6. The van der Waals surface area contributed by atoms with Gasteiger partial charge in [-0.2, -0.15) is 0 Å². The molecule has 0 aliphatic carbocycles. The number of anilines is 2. The molecule has 1 aliphatic rings. The van der Waals surface area contributed by atoms with Crippen LogP contribution in [0.2, 0.25) is 0 Å². The third-order valence-corrected chi connectivity index (χ3v) is 5.14. The van der Waals surface area contributed by atoms with Gasteiger partial charge in [-0.1, -0.05) is 24.8 Å². The smallest absolute Gasteiger partial charge is 0.126 e. The molecule has 2 atom stereocenters. The van der Waals surface area contributed by atoms with E-state index in [0.717, 1.165) is 41.7 Å². The summed E-state index contributed by atoms with van der Waals surface area (Å²) < 4.78 is 12.0. The van der Waals surface area contributed by atoms with Crippen LogP contribution in [0.5, 0.6) is 5.75 Å². The van der Waals surface area contributed by atoms with Crippen LogP contribution in [-0.2, 0) is 4.74 Å². The molecule has 0 spiro atoms. The highest BCUT2D eigenvalue weighted by molar-refractivity contribution is 7.99. The van der Waals surface area contributed by atoms with E-state index in [1.807, 2.05) is 30.3 Å². The van der Waals surface area contributed by atoms with Crippen molar-refractivity contribution in [1.82, 2.24) is 5.32 Å². The fourth-order valence-corrected chi connectivity index (χ4v) is 3.70. The minimum atomic E-state index is 0.0419. The molecule has 0 radical (unpaired) electrons. The molecule has 2 aromatic carbocycles. The zero-order valence-corrected chi connectivity index (χ0v) is 15.2. The Balaban J connectivity index is 1.68. The molecule has 2 unspecified atom stereocenters. The van der Waals surface area contributed by atoms with Gasteiger partial charge in [-0.05, 0) is 42.8 Å². The molecule has 1 fully saturated rings. The van der Waals surface area contributed by atoms with E-state index < -0.39 is 0 Å². The highest BCUT2D eigenvalue weighted by Crippen LogP contribution is 2.33. The molecule has 1 heterocycles. The maximum absolute atomic E-state index is 6.20. The van der Waals surface area contributed by atoms with Crippen LogP contribution in [-0.4, -0.2) is 31.9 Å². The van der Waals surface area contributed by atoms with Crippen LogP contribution < -0.4 is 21.5 Å². The molecule has 3 rings (SSSR count). The van der Waals surface area contributed by atoms with Crippen molar-refractivity contribution in [1.29, 1.82) is 0 Å². The Morgan fingerprint density at radius 2 is 2.04 bits per heavy atom. The van der Waals surface area contributed by atoms with Gasteiger partial charge in [0.1, 0.15) is 18.0 Å². The number of nitrogen functional groups attached to an aromatic ring is 2. The second-order valence-electron chi connectivity index (χ2n) is 6.05. The molecule has 1 saturated heterocycles. The van der Waals surface area contributed by atoms with Gasteiger partial charge in [0.25, 0.3) is 0 Å². The number of morpholine rings is 1. The van der Waals surface area contributed by atoms with Gasteiger partial charge in [0, 0.05) is 22.9 Å². The zero-order chi connectivity index (χ0) is 17.6. The van der Waals surface area contributed by atoms with Gasteiger partial charge in [0.2, 0.25) is 0 Å². The van der Waals surface area contributed by atoms with Gasteiger partial charge in [-0.15, -0.1) is 0 Å². The summed E-state index contributed by atoms with van der Waals surface area (Å²) in [5, 5.41) is 3.36. The van der Waals surface area contributed by atoms with E-state index in [0.29, 0.717) is 11.4 Å². The van der Waals surface area contributed by atoms with E-state index in [-0.39, 0.29) is 12.2 Å². The Morgan fingerprint density at radius 1 is 1.20 bits per heavy atom. The summed E-state index contributed by atoms with van der Waals surface area (Å²) in [7, 11) is 0. The minimum Gasteiger partial charge on any atom is -0.488 e. The van der Waals surface area contributed by atoms with E-state index in [1.165, 1.54) is 0 Å². The molecule has 0 bridgehead atoms. The first-order chi connectivity index (χ1) is 12.2. The average Bonchev–Trinajstić information content (AvgIpc) is 2.64. The summed E-state index contributed by atoms with van der Waals surface area (Å²) in [4.78, 5) is 2.15. The van der Waals surface area contributed by atoms with Crippen LogP contribution in [0, 0.1) is 0 Å². The predicted octanol–water partition coefficient (Wildman–Crippen LogP) is 3.15. The normalized spacial score (nSPS) is 18.7. The molecule has 0 saturated carbocycles. The number of ether oxygens (including phenoxy) is 2. The van der Waals surface area contributed by atoms with Crippen molar-refractivity contribution in [3.63, 3.8) is 0 Å². The zero-order valence-electron chi connectivity index (χ0n) is 14.4. The minimum absolute atomic E-state index is 0.0419. The molecule has 1 aliphatic heterocycles. The molecular weight excluding hydrogens is 334 g/mol. The van der Waals surface area contributed by atoms with Crippen molar-refractivity contribution in [2.45, 2.75) is 35.3 Å². The summed E-state index contributed by atoms with van der Waals surface area (Å²) in [6, 6.07) is 13.8. The van der Waals surface area contributed by atoms with Crippen LogP contribution in [0.4, 0.5) is 11.4 Å². The first kappa shape index (κ1) is 17.9. The molecule has 2 aromatic rings. The van der Waals surface area contributed by atoms with Gasteiger partial charge in [0.05, 0.1) is 18.0 Å². The van der Waals surface area contributed by atoms with Crippen molar-refractivity contribution in [2.75, 3.05) is 31.2 Å². The van der Waals surface area contributed by atoms with E-state index in [2.05, 4.69) is 24.4 Å². The Hall–Kier alpha value is -1.89. The quantitative estimate of drug-likeness (QED) is 0.687. The largest absolute Gasteiger partial charge is 0.488 e. The lowest BCUT2D eigenvalue weighted by molar-refractivity contribution is -0.0428. The Morgan fingerprint density at radius 3 is 2.76 bits per heavy atom. The van der Waals surface area contributed by atoms with Crippen LogP contribution in [0.15, 0.2) is 52.3 Å². The number of nitrogens with two attached hydrogens (primary N) is 2. The topological polar surface area (TPSA) is 82.5 Å². The van der Waals surface area contributed by atoms with Crippen molar-refractivity contribution in [3.8, 4) is 5.75 Å². The Labute approximate surface area is 153 Å². The summed E-state index contributed by atoms with van der Waals surface area (Å²) in [5.41, 5.74) is 12.9. The van der Waals surface area contributed by atoms with Gasteiger partial charge in [-0.3, -0.25) is 0 Å². The maximum Gasteiger partial charge on any atom is 0.126 e. The van der Waals surface area contributed by atoms with E-state index in [4.69, 9.17) is 20.9 Å². The lowest BCUT2D eigenvalue weighted by atomic mass is 10.1. The van der Waals surface area contributed by atoms with Crippen molar-refractivity contribution >= 4 is 23.1 Å². The fourth-order valence-electron chi connectivity index (χ4n) is 2.78. The van der Waals surface area contributed by atoms with E-state index in [9.17, 15) is 0 Å². The highest BCUT2D eigenvalue weighted by atomic mass is 32.2. The fraction of sp³-hybridized carbons (Fsp3) is 0.368. The average molecular weight is 359 g/mol. The number of nitrogens with one attached hydrogen (secondary N) is 1. The van der Waals surface area contributed by atoms with Gasteiger partial charge in [0.15, 0.2) is 0 Å². The van der Waals surface area contributed by atoms with Crippen LogP contribution in [0.25, 0.3) is 0 Å². The maximum atomic E-state index is 6.20. The van der Waals surface area contributed by atoms with Crippen molar-refractivity contribution in [2.24, 2.45) is 0 Å². The standard InChI is InChI=1S/C19H25N3O2S/c1-2-18(19-12-22-8-9-23-19)24-13-4-3-5-14(10-13)25-15-6-7-16(20)17(21)11-15/h3-7,10-11,18-19,22H,2,8-9,12,20-21H2,1H3. The van der Waals surface area contributed by atoms with Crippen LogP contribution >= 0.6 is 11.8 Å². The highest BCUT2D eigenvalue weighted by Gasteiger charge is 2.24. The monoisotopic (exact) mass is 359 g/mol. The first-order valence-electron chi connectivity index (χ1n) is 8.57. The summed E-state index contributed by atoms with van der Waals surface area (Å²) in [6.45, 7) is 4.60. The van der Waals surface area contributed by atoms with Gasteiger partial charge in [-0.25, -0.2) is 0 Å². The molecule has 5 nitrogen and oxygen atoms in total. The molecule has 6 heteroatoms. The van der Waals surface area contributed by atoms with Crippen molar-refractivity contribution < 1.29 is 9.47 Å². The summed E-state index contributed by atoms with van der Waals surface area (Å²) in [6.07, 6.45) is 1.03. The van der Waals surface area contributed by atoms with E-state index in [1.54, 1.807) is 11.8 Å². The lowest BCUT2D eigenvalue weighted by Crippen LogP contribution is -2.47. The second-order valence-corrected chi connectivity index (χ2v) is 7.19. The molecule has 0 amide bonds. The molecule has 0 aromatic heterocycles. The third kappa shape index (κ3) is 4.81. The SMILES string of the molecule is CCC(Oc1cccc(Sc2ccc(N)c(N)c2)c1)C1CNCCO1. The van der Waals surface area contributed by atoms with Gasteiger partial charge >= 0.3 is 0 Å². The number of rotatable bonds is 6. The summed E-state index contributed by atoms with van der Waals surface area (Å²) >= 11 is 1.64. The van der Waals surface area contributed by atoms with E-state index >= 15 is 0 Å².